The van der Waals surface area contributed by atoms with Crippen molar-refractivity contribution in [2.75, 3.05) is 6.54 Å². The predicted molar refractivity (Wildman–Crippen MR) is 135 cm³/mol. The van der Waals surface area contributed by atoms with E-state index in [4.69, 9.17) is 5.73 Å². The van der Waals surface area contributed by atoms with E-state index in [2.05, 4.69) is 25.9 Å². The Balaban J connectivity index is 1.57. The number of benzene rings is 2. The van der Waals surface area contributed by atoms with E-state index in [1.54, 1.807) is 30.3 Å². The van der Waals surface area contributed by atoms with Crippen molar-refractivity contribution in [3.63, 3.8) is 0 Å². The second-order valence-corrected chi connectivity index (χ2v) is 8.50. The van der Waals surface area contributed by atoms with Crippen LogP contribution in [0.4, 0.5) is 0 Å². The maximum atomic E-state index is 12.9. The van der Waals surface area contributed by atoms with Crippen molar-refractivity contribution in [2.24, 2.45) is 5.73 Å². The Bertz CT molecular complexity index is 1170. The number of carbonyl (C=O) groups excluding carboxylic acids is 3. The van der Waals surface area contributed by atoms with Gasteiger partial charge in [-0.2, -0.15) is 0 Å². The maximum Gasteiger partial charge on any atom is 0.326 e. The van der Waals surface area contributed by atoms with Crippen LogP contribution in [0.2, 0.25) is 0 Å². The van der Waals surface area contributed by atoms with E-state index in [-0.39, 0.29) is 19.3 Å². The SMILES string of the molecule is NC(Cc1ccccc1)C(=O)NC(Cc1cnc[nH]1)C(=O)NCC(=O)NC(Cc1ccccc1)C(=O)O. The Hall–Kier alpha value is -4.51. The molecule has 1 heterocycles. The monoisotopic (exact) mass is 506 g/mol. The molecule has 0 radical (unpaired) electrons. The topological polar surface area (TPSA) is 179 Å². The summed E-state index contributed by atoms with van der Waals surface area (Å²) in [6, 6.07) is 15.0. The molecule has 0 saturated heterocycles. The number of imidazole rings is 1. The third-order valence-corrected chi connectivity index (χ3v) is 5.59. The summed E-state index contributed by atoms with van der Waals surface area (Å²) in [7, 11) is 0. The summed E-state index contributed by atoms with van der Waals surface area (Å²) < 4.78 is 0. The lowest BCUT2D eigenvalue weighted by atomic mass is 10.0. The molecule has 2 aromatic carbocycles. The molecule has 0 aliphatic heterocycles. The number of nitrogens with one attached hydrogen (secondary N) is 4. The first-order valence-electron chi connectivity index (χ1n) is 11.7. The van der Waals surface area contributed by atoms with Crippen LogP contribution in [0.5, 0.6) is 0 Å². The third kappa shape index (κ3) is 8.89. The lowest BCUT2D eigenvalue weighted by Gasteiger charge is -2.21. The molecule has 1 aromatic heterocycles. The molecule has 0 aliphatic carbocycles. The molecule has 0 aliphatic rings. The molecule has 194 valence electrons. The molecular weight excluding hydrogens is 476 g/mol. The van der Waals surface area contributed by atoms with Gasteiger partial charge in [-0.1, -0.05) is 60.7 Å². The number of hydrogen-bond acceptors (Lipinski definition) is 6. The molecule has 37 heavy (non-hydrogen) atoms. The molecule has 0 spiro atoms. The van der Waals surface area contributed by atoms with E-state index >= 15 is 0 Å². The Labute approximate surface area is 213 Å². The van der Waals surface area contributed by atoms with E-state index in [1.807, 2.05) is 30.3 Å². The van der Waals surface area contributed by atoms with Crippen LogP contribution in [0, 0.1) is 0 Å². The Kier molecular flexibility index (Phi) is 9.91. The number of rotatable bonds is 13. The summed E-state index contributed by atoms with van der Waals surface area (Å²) in [5, 5.41) is 17.0. The van der Waals surface area contributed by atoms with Crippen molar-refractivity contribution in [3.8, 4) is 0 Å². The number of H-pyrrole nitrogens is 1. The summed E-state index contributed by atoms with van der Waals surface area (Å²) in [6.07, 6.45) is 3.42. The second-order valence-electron chi connectivity index (χ2n) is 8.50. The van der Waals surface area contributed by atoms with Gasteiger partial charge in [0.1, 0.15) is 12.1 Å². The van der Waals surface area contributed by atoms with E-state index < -0.39 is 48.4 Å². The summed E-state index contributed by atoms with van der Waals surface area (Å²) >= 11 is 0. The molecular formula is C26H30N6O5. The van der Waals surface area contributed by atoms with Crippen molar-refractivity contribution in [2.45, 2.75) is 37.4 Å². The van der Waals surface area contributed by atoms with Crippen LogP contribution in [0.1, 0.15) is 16.8 Å². The smallest absolute Gasteiger partial charge is 0.326 e. The molecule has 11 nitrogen and oxygen atoms in total. The highest BCUT2D eigenvalue weighted by Crippen LogP contribution is 2.05. The van der Waals surface area contributed by atoms with Crippen LogP contribution >= 0.6 is 0 Å². The number of hydrogen-bond donors (Lipinski definition) is 6. The first-order valence-corrected chi connectivity index (χ1v) is 11.7. The molecule has 0 fully saturated rings. The first kappa shape index (κ1) is 27.1. The zero-order valence-corrected chi connectivity index (χ0v) is 20.1. The minimum absolute atomic E-state index is 0.0863. The van der Waals surface area contributed by atoms with Crippen molar-refractivity contribution < 1.29 is 24.3 Å². The summed E-state index contributed by atoms with van der Waals surface area (Å²) in [6.45, 7) is -0.469. The summed E-state index contributed by atoms with van der Waals surface area (Å²) in [5.74, 6) is -3.02. The number of amides is 3. The van der Waals surface area contributed by atoms with Crippen LogP contribution in [0.25, 0.3) is 0 Å². The van der Waals surface area contributed by atoms with Gasteiger partial charge < -0.3 is 31.8 Å². The lowest BCUT2D eigenvalue weighted by Crippen LogP contribution is -2.54. The maximum absolute atomic E-state index is 12.9. The fourth-order valence-electron chi connectivity index (χ4n) is 3.65. The van der Waals surface area contributed by atoms with Gasteiger partial charge in [0.2, 0.25) is 17.7 Å². The van der Waals surface area contributed by atoms with Crippen LogP contribution in [0.3, 0.4) is 0 Å². The number of carbonyl (C=O) groups is 4. The summed E-state index contributed by atoms with van der Waals surface area (Å²) in [4.78, 5) is 56.5. The van der Waals surface area contributed by atoms with E-state index in [9.17, 15) is 24.3 Å². The predicted octanol–water partition coefficient (Wildman–Crippen LogP) is -0.0647. The number of nitrogens with two attached hydrogens (primary N) is 1. The average molecular weight is 507 g/mol. The van der Waals surface area contributed by atoms with Crippen molar-refractivity contribution in [1.29, 1.82) is 0 Å². The van der Waals surface area contributed by atoms with E-state index in [0.717, 1.165) is 11.1 Å². The molecule has 3 amide bonds. The zero-order chi connectivity index (χ0) is 26.6. The van der Waals surface area contributed by atoms with Crippen LogP contribution in [-0.4, -0.2) is 63.4 Å². The first-order chi connectivity index (χ1) is 17.8. The van der Waals surface area contributed by atoms with Gasteiger partial charge in [0.25, 0.3) is 0 Å². The normalized spacial score (nSPS) is 13.1. The molecule has 3 unspecified atom stereocenters. The largest absolute Gasteiger partial charge is 0.480 e. The average Bonchev–Trinajstić information content (AvgIpc) is 3.41. The Morgan fingerprint density at radius 3 is 2.03 bits per heavy atom. The number of nitrogens with zero attached hydrogens (tertiary/aromatic N) is 1. The second kappa shape index (κ2) is 13.5. The number of carboxylic acid groups (broad SMARTS) is 1. The highest BCUT2D eigenvalue weighted by Gasteiger charge is 2.26. The van der Waals surface area contributed by atoms with Gasteiger partial charge in [-0.25, -0.2) is 9.78 Å². The molecule has 0 bridgehead atoms. The van der Waals surface area contributed by atoms with Crippen LogP contribution < -0.4 is 21.7 Å². The van der Waals surface area contributed by atoms with Gasteiger partial charge in [-0.15, -0.1) is 0 Å². The third-order valence-electron chi connectivity index (χ3n) is 5.59. The molecule has 11 heteroatoms. The molecule has 3 aromatic rings. The van der Waals surface area contributed by atoms with Gasteiger partial charge in [0, 0.05) is 24.7 Å². The van der Waals surface area contributed by atoms with E-state index in [0.29, 0.717) is 5.69 Å². The minimum atomic E-state index is -1.19. The number of aromatic nitrogens is 2. The fraction of sp³-hybridized carbons (Fsp3) is 0.269. The molecule has 3 rings (SSSR count). The quantitative estimate of drug-likeness (QED) is 0.188. The molecule has 0 saturated carbocycles. The van der Waals surface area contributed by atoms with E-state index in [1.165, 1.54) is 12.5 Å². The minimum Gasteiger partial charge on any atom is -0.480 e. The Morgan fingerprint density at radius 1 is 0.838 bits per heavy atom. The van der Waals surface area contributed by atoms with Gasteiger partial charge in [0.15, 0.2) is 0 Å². The fourth-order valence-corrected chi connectivity index (χ4v) is 3.65. The molecule has 7 N–H and O–H groups in total. The van der Waals surface area contributed by atoms with Crippen LogP contribution in [0.15, 0.2) is 73.2 Å². The lowest BCUT2D eigenvalue weighted by molar-refractivity contribution is -0.141. The van der Waals surface area contributed by atoms with Gasteiger partial charge >= 0.3 is 5.97 Å². The molecule has 3 atom stereocenters. The standard InChI is InChI=1S/C26H30N6O5/c27-20(11-17-7-3-1-4-8-17)24(34)32-21(13-19-14-28-16-30-19)25(35)29-15-23(33)31-22(26(36)37)12-18-9-5-2-6-10-18/h1-10,14,16,20-22H,11-13,15,27H2,(H,28,30)(H,29,35)(H,31,33)(H,32,34)(H,36,37). The highest BCUT2D eigenvalue weighted by atomic mass is 16.4. The number of aliphatic carboxylic acids is 1. The van der Waals surface area contributed by atoms with Crippen LogP contribution in [-0.2, 0) is 38.4 Å². The van der Waals surface area contributed by atoms with Gasteiger partial charge in [-0.3, -0.25) is 14.4 Å². The Morgan fingerprint density at radius 2 is 1.46 bits per heavy atom. The zero-order valence-electron chi connectivity index (χ0n) is 20.1. The van der Waals surface area contributed by atoms with Crippen molar-refractivity contribution in [3.05, 3.63) is 90.0 Å². The van der Waals surface area contributed by atoms with Crippen molar-refractivity contribution >= 4 is 23.7 Å². The van der Waals surface area contributed by atoms with Crippen molar-refractivity contribution in [1.82, 2.24) is 25.9 Å². The number of carboxylic acids is 1. The summed E-state index contributed by atoms with van der Waals surface area (Å²) in [5.41, 5.74) is 8.27. The van der Waals surface area contributed by atoms with Gasteiger partial charge in [0.05, 0.1) is 18.9 Å². The van der Waals surface area contributed by atoms with Gasteiger partial charge in [-0.05, 0) is 17.5 Å². The number of aromatic amines is 1. The highest BCUT2D eigenvalue weighted by molar-refractivity contribution is 5.92.